The molecule has 0 aromatic heterocycles. The highest BCUT2D eigenvalue weighted by molar-refractivity contribution is 7.90. The summed E-state index contributed by atoms with van der Waals surface area (Å²) in [5.41, 5.74) is 6.09. The van der Waals surface area contributed by atoms with Crippen LogP contribution >= 0.6 is 0 Å². The minimum Gasteiger partial charge on any atom is -0.334 e. The number of hydrogen-bond donors (Lipinski definition) is 1. The molecule has 8 heteroatoms. The molecule has 0 saturated carbocycles. The molecule has 1 saturated heterocycles. The summed E-state index contributed by atoms with van der Waals surface area (Å²) in [4.78, 5) is 26.3. The van der Waals surface area contributed by atoms with Gasteiger partial charge in [0, 0.05) is 31.2 Å². The highest BCUT2D eigenvalue weighted by Gasteiger charge is 2.41. The minimum absolute atomic E-state index is 0.0128. The van der Waals surface area contributed by atoms with Crippen LogP contribution in [-0.2, 0) is 10.0 Å². The van der Waals surface area contributed by atoms with Crippen molar-refractivity contribution in [3.63, 3.8) is 0 Å². The van der Waals surface area contributed by atoms with Crippen molar-refractivity contribution in [2.75, 3.05) is 19.6 Å². The molecule has 1 fully saturated rings. The van der Waals surface area contributed by atoms with E-state index in [9.17, 15) is 18.0 Å². The van der Waals surface area contributed by atoms with Crippen molar-refractivity contribution in [3.8, 4) is 0 Å². The Morgan fingerprint density at radius 1 is 1.39 bits per heavy atom. The second kappa shape index (κ2) is 5.61. The van der Waals surface area contributed by atoms with E-state index >= 15 is 0 Å². The number of nitrogens with two attached hydrogens (primary N) is 1. The first-order chi connectivity index (χ1) is 10.9. The summed E-state index contributed by atoms with van der Waals surface area (Å²) < 4.78 is 25.6. The average molecular weight is 337 g/mol. The van der Waals surface area contributed by atoms with Gasteiger partial charge in [0.2, 0.25) is 0 Å². The predicted octanol–water partition coefficient (Wildman–Crippen LogP) is 0.414. The molecule has 1 aromatic carbocycles. The Morgan fingerprint density at radius 2 is 2.13 bits per heavy atom. The summed E-state index contributed by atoms with van der Waals surface area (Å²) in [6, 6.07) is 4.23. The van der Waals surface area contributed by atoms with Crippen molar-refractivity contribution in [1.82, 2.24) is 9.21 Å². The minimum atomic E-state index is -3.86. The van der Waals surface area contributed by atoms with Gasteiger partial charge in [-0.2, -0.15) is 0 Å². The van der Waals surface area contributed by atoms with E-state index in [1.165, 1.54) is 18.2 Å². The number of carbonyl (C=O) groups is 2. The van der Waals surface area contributed by atoms with Gasteiger partial charge in [-0.1, -0.05) is 0 Å². The maximum absolute atomic E-state index is 12.6. The SMILES string of the molecule is CCN1C(=O)c2ccc(C(=O)N3CCCC3CN)cc2S1(=O)=O. The van der Waals surface area contributed by atoms with Gasteiger partial charge in [-0.05, 0) is 38.0 Å². The van der Waals surface area contributed by atoms with Crippen molar-refractivity contribution in [2.45, 2.75) is 30.7 Å². The largest absolute Gasteiger partial charge is 0.334 e. The molecular formula is C15H19N3O4S. The van der Waals surface area contributed by atoms with Crippen molar-refractivity contribution in [1.29, 1.82) is 0 Å². The highest BCUT2D eigenvalue weighted by Crippen LogP contribution is 2.31. The standard InChI is InChI=1S/C15H19N3O4S/c1-2-18-15(20)12-6-5-10(8-13(12)23(18,21)22)14(19)17-7-3-4-11(17)9-16/h5-6,8,11H,2-4,7,9,16H2,1H3. The smallest absolute Gasteiger partial charge is 0.268 e. The number of sulfonamides is 1. The Morgan fingerprint density at radius 3 is 2.78 bits per heavy atom. The number of amides is 2. The number of carbonyl (C=O) groups excluding carboxylic acids is 2. The zero-order valence-electron chi connectivity index (χ0n) is 12.9. The lowest BCUT2D eigenvalue weighted by Gasteiger charge is -2.23. The Bertz CT molecular complexity index is 775. The van der Waals surface area contributed by atoms with Gasteiger partial charge in [-0.3, -0.25) is 9.59 Å². The second-order valence-electron chi connectivity index (χ2n) is 5.72. The molecule has 0 aliphatic carbocycles. The zero-order chi connectivity index (χ0) is 16.8. The first kappa shape index (κ1) is 15.9. The van der Waals surface area contributed by atoms with E-state index in [4.69, 9.17) is 5.73 Å². The Kier molecular flexibility index (Phi) is 3.89. The van der Waals surface area contributed by atoms with Crippen LogP contribution in [0.15, 0.2) is 23.1 Å². The van der Waals surface area contributed by atoms with Gasteiger partial charge in [0.1, 0.15) is 4.90 Å². The fraction of sp³-hybridized carbons (Fsp3) is 0.467. The topological polar surface area (TPSA) is 101 Å². The zero-order valence-corrected chi connectivity index (χ0v) is 13.7. The quantitative estimate of drug-likeness (QED) is 0.861. The van der Waals surface area contributed by atoms with Gasteiger partial charge in [-0.25, -0.2) is 12.7 Å². The molecule has 2 aliphatic heterocycles. The lowest BCUT2D eigenvalue weighted by molar-refractivity contribution is 0.0740. The third-order valence-electron chi connectivity index (χ3n) is 4.45. The van der Waals surface area contributed by atoms with Crippen LogP contribution in [0.2, 0.25) is 0 Å². The fourth-order valence-corrected chi connectivity index (χ4v) is 4.84. The van der Waals surface area contributed by atoms with Crippen LogP contribution in [0.5, 0.6) is 0 Å². The van der Waals surface area contributed by atoms with Crippen LogP contribution in [0.4, 0.5) is 0 Å². The molecule has 0 spiro atoms. The van der Waals surface area contributed by atoms with E-state index in [1.807, 2.05) is 0 Å². The molecule has 3 rings (SSSR count). The molecule has 1 aromatic rings. The summed E-state index contributed by atoms with van der Waals surface area (Å²) >= 11 is 0. The maximum Gasteiger partial charge on any atom is 0.268 e. The molecular weight excluding hydrogens is 318 g/mol. The molecule has 7 nitrogen and oxygen atoms in total. The molecule has 0 bridgehead atoms. The van der Waals surface area contributed by atoms with Gasteiger partial charge < -0.3 is 10.6 Å². The normalized spacial score (nSPS) is 22.5. The van der Waals surface area contributed by atoms with E-state index in [0.717, 1.165) is 17.1 Å². The first-order valence-corrected chi connectivity index (χ1v) is 9.08. The average Bonchev–Trinajstić information content (AvgIpc) is 3.08. The number of hydrogen-bond acceptors (Lipinski definition) is 5. The molecule has 124 valence electrons. The first-order valence-electron chi connectivity index (χ1n) is 7.64. The van der Waals surface area contributed by atoms with Crippen LogP contribution < -0.4 is 5.73 Å². The van der Waals surface area contributed by atoms with Gasteiger partial charge in [0.05, 0.1) is 5.56 Å². The summed E-state index contributed by atoms with van der Waals surface area (Å²) in [5.74, 6) is -0.777. The lowest BCUT2D eigenvalue weighted by atomic mass is 10.1. The fourth-order valence-electron chi connectivity index (χ4n) is 3.24. The monoisotopic (exact) mass is 337 g/mol. The molecule has 23 heavy (non-hydrogen) atoms. The summed E-state index contributed by atoms with van der Waals surface area (Å²) in [6.07, 6.45) is 1.74. The molecule has 1 unspecified atom stereocenters. The molecule has 2 aliphatic rings. The van der Waals surface area contributed by atoms with Crippen molar-refractivity contribution in [2.24, 2.45) is 5.73 Å². The number of likely N-dealkylation sites (tertiary alicyclic amines) is 1. The van der Waals surface area contributed by atoms with Gasteiger partial charge in [0.15, 0.2) is 0 Å². The Balaban J connectivity index is 2.00. The molecule has 2 heterocycles. The lowest BCUT2D eigenvalue weighted by Crippen LogP contribution is -2.39. The van der Waals surface area contributed by atoms with E-state index in [-0.39, 0.29) is 34.5 Å². The Hall–Kier alpha value is -1.93. The third kappa shape index (κ3) is 2.33. The van der Waals surface area contributed by atoms with E-state index in [2.05, 4.69) is 0 Å². The van der Waals surface area contributed by atoms with Crippen LogP contribution in [0.3, 0.4) is 0 Å². The van der Waals surface area contributed by atoms with Crippen molar-refractivity contribution < 1.29 is 18.0 Å². The maximum atomic E-state index is 12.6. The van der Waals surface area contributed by atoms with Gasteiger partial charge in [-0.15, -0.1) is 0 Å². The van der Waals surface area contributed by atoms with Crippen molar-refractivity contribution >= 4 is 21.8 Å². The van der Waals surface area contributed by atoms with Gasteiger partial charge in [0.25, 0.3) is 21.8 Å². The molecule has 1 atom stereocenters. The number of benzene rings is 1. The van der Waals surface area contributed by atoms with E-state index < -0.39 is 15.9 Å². The molecule has 0 radical (unpaired) electrons. The summed E-state index contributed by atoms with van der Waals surface area (Å²) in [5, 5.41) is 0. The van der Waals surface area contributed by atoms with E-state index in [0.29, 0.717) is 13.1 Å². The van der Waals surface area contributed by atoms with Crippen LogP contribution in [0.25, 0.3) is 0 Å². The van der Waals surface area contributed by atoms with Crippen molar-refractivity contribution in [3.05, 3.63) is 29.3 Å². The third-order valence-corrected chi connectivity index (χ3v) is 6.35. The summed E-state index contributed by atoms with van der Waals surface area (Å²) in [6.45, 7) is 2.67. The van der Waals surface area contributed by atoms with Crippen LogP contribution in [-0.4, -0.2) is 55.1 Å². The molecule has 2 amide bonds. The van der Waals surface area contributed by atoms with Gasteiger partial charge >= 0.3 is 0 Å². The number of rotatable bonds is 3. The number of nitrogens with zero attached hydrogens (tertiary/aromatic N) is 2. The Labute approximate surface area is 135 Å². The predicted molar refractivity (Wildman–Crippen MR) is 83.5 cm³/mol. The van der Waals surface area contributed by atoms with Crippen LogP contribution in [0, 0.1) is 0 Å². The summed E-state index contributed by atoms with van der Waals surface area (Å²) in [7, 11) is -3.86. The number of fused-ring (bicyclic) bond motifs is 1. The highest BCUT2D eigenvalue weighted by atomic mass is 32.2. The molecule has 2 N–H and O–H groups in total. The van der Waals surface area contributed by atoms with Crippen LogP contribution in [0.1, 0.15) is 40.5 Å². The second-order valence-corrected chi connectivity index (χ2v) is 7.55. The van der Waals surface area contributed by atoms with E-state index in [1.54, 1.807) is 11.8 Å².